The third-order valence-corrected chi connectivity index (χ3v) is 5.16. The van der Waals surface area contributed by atoms with Crippen molar-refractivity contribution >= 4 is 17.5 Å². The molecule has 134 valence electrons. The number of hydrogen-bond donors (Lipinski definition) is 0. The number of piperidine rings is 1. The van der Waals surface area contributed by atoms with E-state index in [1.54, 1.807) is 17.7 Å². The topological polar surface area (TPSA) is 60.1 Å². The summed E-state index contributed by atoms with van der Waals surface area (Å²) in [4.78, 5) is 26.7. The fourth-order valence-electron chi connectivity index (χ4n) is 3.45. The standard InChI is InChI=1S/C18H23ClN4O2/c1-3-23-17(20-21(2)18(23)25)14-8-6-10-22(12-14)16(24)11-13-7-4-5-9-15(13)19/h4-5,7,9,14H,3,6,8,10-12H2,1-2H3. The van der Waals surface area contributed by atoms with Crippen LogP contribution in [0, 0.1) is 0 Å². The first kappa shape index (κ1) is 17.7. The highest BCUT2D eigenvalue weighted by Gasteiger charge is 2.29. The predicted molar refractivity (Wildman–Crippen MR) is 96.9 cm³/mol. The van der Waals surface area contributed by atoms with Crippen LogP contribution in [0.3, 0.4) is 0 Å². The van der Waals surface area contributed by atoms with E-state index in [2.05, 4.69) is 5.10 Å². The minimum atomic E-state index is -0.1000. The zero-order chi connectivity index (χ0) is 18.0. The Bertz CT molecular complexity index is 827. The summed E-state index contributed by atoms with van der Waals surface area (Å²) >= 11 is 6.17. The van der Waals surface area contributed by atoms with Crippen molar-refractivity contribution in [3.8, 4) is 0 Å². The van der Waals surface area contributed by atoms with Crippen LogP contribution in [0.15, 0.2) is 29.1 Å². The van der Waals surface area contributed by atoms with Gasteiger partial charge in [0.1, 0.15) is 5.82 Å². The Balaban J connectivity index is 1.75. The summed E-state index contributed by atoms with van der Waals surface area (Å²) in [7, 11) is 1.67. The second-order valence-electron chi connectivity index (χ2n) is 6.46. The molecule has 1 atom stereocenters. The van der Waals surface area contributed by atoms with Gasteiger partial charge in [0.15, 0.2) is 0 Å². The largest absolute Gasteiger partial charge is 0.345 e. The van der Waals surface area contributed by atoms with Crippen LogP contribution in [0.2, 0.25) is 5.02 Å². The molecule has 2 aromatic rings. The van der Waals surface area contributed by atoms with E-state index in [1.807, 2.05) is 30.0 Å². The normalized spacial score (nSPS) is 17.7. The smallest absolute Gasteiger partial charge is 0.342 e. The van der Waals surface area contributed by atoms with Crippen molar-refractivity contribution in [2.75, 3.05) is 13.1 Å². The van der Waals surface area contributed by atoms with E-state index >= 15 is 0 Å². The van der Waals surface area contributed by atoms with E-state index in [-0.39, 0.29) is 17.5 Å². The van der Waals surface area contributed by atoms with Gasteiger partial charge in [-0.15, -0.1) is 0 Å². The van der Waals surface area contributed by atoms with Gasteiger partial charge in [-0.05, 0) is 31.4 Å². The van der Waals surface area contributed by atoms with Crippen molar-refractivity contribution in [3.05, 3.63) is 51.2 Å². The number of hydrogen-bond acceptors (Lipinski definition) is 3. The minimum Gasteiger partial charge on any atom is -0.342 e. The van der Waals surface area contributed by atoms with E-state index in [9.17, 15) is 9.59 Å². The van der Waals surface area contributed by atoms with Gasteiger partial charge >= 0.3 is 5.69 Å². The Morgan fingerprint density at radius 1 is 1.36 bits per heavy atom. The molecule has 1 fully saturated rings. The van der Waals surface area contributed by atoms with Crippen LogP contribution in [-0.4, -0.2) is 38.2 Å². The first-order chi connectivity index (χ1) is 12.0. The maximum Gasteiger partial charge on any atom is 0.345 e. The molecule has 1 aliphatic heterocycles. The van der Waals surface area contributed by atoms with E-state index in [1.165, 1.54) is 4.68 Å². The highest BCUT2D eigenvalue weighted by molar-refractivity contribution is 6.31. The van der Waals surface area contributed by atoms with Crippen molar-refractivity contribution < 1.29 is 4.79 Å². The number of amides is 1. The van der Waals surface area contributed by atoms with E-state index in [4.69, 9.17) is 11.6 Å². The molecule has 3 rings (SSSR count). The second kappa shape index (κ2) is 7.44. The highest BCUT2D eigenvalue weighted by atomic mass is 35.5. The lowest BCUT2D eigenvalue weighted by Crippen LogP contribution is -2.40. The maximum absolute atomic E-state index is 12.7. The van der Waals surface area contributed by atoms with Gasteiger partial charge in [-0.25, -0.2) is 9.48 Å². The number of carbonyl (C=O) groups is 1. The summed E-state index contributed by atoms with van der Waals surface area (Å²) in [5.41, 5.74) is 0.747. The molecule has 7 heteroatoms. The lowest BCUT2D eigenvalue weighted by atomic mass is 9.96. The molecule has 6 nitrogen and oxygen atoms in total. The van der Waals surface area contributed by atoms with E-state index in [0.29, 0.717) is 24.5 Å². The second-order valence-corrected chi connectivity index (χ2v) is 6.86. The molecule has 1 unspecified atom stereocenters. The molecule has 1 aromatic heterocycles. The molecule has 25 heavy (non-hydrogen) atoms. The third-order valence-electron chi connectivity index (χ3n) is 4.79. The summed E-state index contributed by atoms with van der Waals surface area (Å²) in [6.45, 7) is 3.87. The molecule has 1 aromatic carbocycles. The number of likely N-dealkylation sites (tertiary alicyclic amines) is 1. The van der Waals surface area contributed by atoms with Crippen LogP contribution in [0.25, 0.3) is 0 Å². The molecule has 1 aliphatic rings. The molecule has 0 aliphatic carbocycles. The molecule has 0 spiro atoms. The fourth-order valence-corrected chi connectivity index (χ4v) is 3.66. The quantitative estimate of drug-likeness (QED) is 0.837. The number of carbonyl (C=O) groups excluding carboxylic acids is 1. The maximum atomic E-state index is 12.7. The van der Waals surface area contributed by atoms with Gasteiger partial charge < -0.3 is 4.90 Å². The average Bonchev–Trinajstić information content (AvgIpc) is 2.91. The van der Waals surface area contributed by atoms with Gasteiger partial charge in [0.05, 0.1) is 6.42 Å². The first-order valence-electron chi connectivity index (χ1n) is 8.66. The SMILES string of the molecule is CCn1c(C2CCCN(C(=O)Cc3ccccc3Cl)C2)nn(C)c1=O. The van der Waals surface area contributed by atoms with Gasteiger partial charge in [0.25, 0.3) is 0 Å². The monoisotopic (exact) mass is 362 g/mol. The molecule has 0 N–H and O–H groups in total. The Morgan fingerprint density at radius 3 is 2.84 bits per heavy atom. The molecular weight excluding hydrogens is 340 g/mol. The molecule has 2 heterocycles. The van der Waals surface area contributed by atoms with Gasteiger partial charge in [-0.3, -0.25) is 9.36 Å². The van der Waals surface area contributed by atoms with Crippen LogP contribution in [0.5, 0.6) is 0 Å². The van der Waals surface area contributed by atoms with Gasteiger partial charge in [-0.1, -0.05) is 29.8 Å². The zero-order valence-corrected chi connectivity index (χ0v) is 15.4. The number of halogens is 1. The molecule has 0 bridgehead atoms. The number of aryl methyl sites for hydroxylation is 1. The number of aromatic nitrogens is 3. The summed E-state index contributed by atoms with van der Waals surface area (Å²) in [5.74, 6) is 0.946. The number of nitrogens with zero attached hydrogens (tertiary/aromatic N) is 4. The molecule has 0 radical (unpaired) electrons. The lowest BCUT2D eigenvalue weighted by Gasteiger charge is -2.32. The van der Waals surface area contributed by atoms with Crippen LogP contribution in [0.4, 0.5) is 0 Å². The first-order valence-corrected chi connectivity index (χ1v) is 9.04. The Hall–Kier alpha value is -2.08. The lowest BCUT2D eigenvalue weighted by molar-refractivity contribution is -0.131. The Kier molecular flexibility index (Phi) is 5.27. The summed E-state index contributed by atoms with van der Waals surface area (Å²) in [5, 5.41) is 5.02. The summed E-state index contributed by atoms with van der Waals surface area (Å²) < 4.78 is 3.08. The van der Waals surface area contributed by atoms with E-state index < -0.39 is 0 Å². The van der Waals surface area contributed by atoms with Crippen LogP contribution in [0.1, 0.15) is 37.1 Å². The molecule has 1 saturated heterocycles. The average molecular weight is 363 g/mol. The minimum absolute atomic E-state index is 0.0686. The summed E-state index contributed by atoms with van der Waals surface area (Å²) in [6, 6.07) is 7.44. The molecule has 0 saturated carbocycles. The predicted octanol–water partition coefficient (Wildman–Crippen LogP) is 2.20. The third kappa shape index (κ3) is 3.63. The van der Waals surface area contributed by atoms with Crippen molar-refractivity contribution in [2.45, 2.75) is 38.6 Å². The van der Waals surface area contributed by atoms with Gasteiger partial charge in [-0.2, -0.15) is 5.10 Å². The molecular formula is C18H23ClN4O2. The van der Waals surface area contributed by atoms with Crippen LogP contribution < -0.4 is 5.69 Å². The van der Waals surface area contributed by atoms with Gasteiger partial charge in [0, 0.05) is 37.6 Å². The highest BCUT2D eigenvalue weighted by Crippen LogP contribution is 2.26. The Labute approximate surface area is 152 Å². The van der Waals surface area contributed by atoms with Crippen molar-refractivity contribution in [2.24, 2.45) is 7.05 Å². The fraction of sp³-hybridized carbons (Fsp3) is 0.500. The van der Waals surface area contributed by atoms with Gasteiger partial charge in [0.2, 0.25) is 5.91 Å². The number of rotatable bonds is 4. The number of benzene rings is 1. The van der Waals surface area contributed by atoms with Crippen LogP contribution in [-0.2, 0) is 24.8 Å². The zero-order valence-electron chi connectivity index (χ0n) is 14.6. The van der Waals surface area contributed by atoms with Crippen molar-refractivity contribution in [3.63, 3.8) is 0 Å². The van der Waals surface area contributed by atoms with Crippen LogP contribution >= 0.6 is 11.6 Å². The Morgan fingerprint density at radius 2 is 2.12 bits per heavy atom. The van der Waals surface area contributed by atoms with Crippen molar-refractivity contribution in [1.82, 2.24) is 19.2 Å². The molecule has 1 amide bonds. The van der Waals surface area contributed by atoms with Crippen molar-refractivity contribution in [1.29, 1.82) is 0 Å². The summed E-state index contributed by atoms with van der Waals surface area (Å²) in [6.07, 6.45) is 2.15. The van der Waals surface area contributed by atoms with E-state index in [0.717, 1.165) is 30.8 Å².